The molecule has 0 saturated carbocycles. The van der Waals surface area contributed by atoms with E-state index in [1.54, 1.807) is 0 Å². The molecule has 3 aromatic heterocycles. The van der Waals surface area contributed by atoms with E-state index < -0.39 is 0 Å². The second-order valence-electron chi connectivity index (χ2n) is 13.7. The van der Waals surface area contributed by atoms with Crippen LogP contribution in [0.4, 0.5) is 0 Å². The Morgan fingerprint density at radius 3 is 1.32 bits per heavy atom. The number of aromatic nitrogens is 3. The minimum atomic E-state index is 0.633. The quantitative estimate of drug-likeness (QED) is 0.183. The van der Waals surface area contributed by atoms with Crippen LogP contribution >= 0.6 is 0 Å². The molecular formula is C49H30N4. The van der Waals surface area contributed by atoms with Gasteiger partial charge in [0.2, 0.25) is 0 Å². The Morgan fingerprint density at radius 1 is 0.340 bits per heavy atom. The van der Waals surface area contributed by atoms with Crippen molar-refractivity contribution >= 4 is 65.4 Å². The van der Waals surface area contributed by atoms with Crippen molar-refractivity contribution in [3.05, 3.63) is 188 Å². The van der Waals surface area contributed by atoms with Gasteiger partial charge in [0.15, 0.2) is 0 Å². The molecule has 0 aliphatic heterocycles. The highest BCUT2D eigenvalue weighted by atomic mass is 15.0. The Morgan fingerprint density at radius 2 is 0.792 bits per heavy atom. The predicted molar refractivity (Wildman–Crippen MR) is 220 cm³/mol. The number of nitrogens with zero attached hydrogens (tertiary/aromatic N) is 4. The normalized spacial score (nSPS) is 11.8. The molecule has 0 aliphatic rings. The van der Waals surface area contributed by atoms with E-state index in [2.05, 4.69) is 190 Å². The van der Waals surface area contributed by atoms with Crippen LogP contribution in [-0.2, 0) is 0 Å². The van der Waals surface area contributed by atoms with Crippen LogP contribution in [0.1, 0.15) is 5.56 Å². The molecule has 4 nitrogen and oxygen atoms in total. The molecule has 0 fully saturated rings. The van der Waals surface area contributed by atoms with Gasteiger partial charge >= 0.3 is 0 Å². The fourth-order valence-corrected chi connectivity index (χ4v) is 8.57. The van der Waals surface area contributed by atoms with Crippen LogP contribution in [0, 0.1) is 11.3 Å². The summed E-state index contributed by atoms with van der Waals surface area (Å²) >= 11 is 0. The number of rotatable bonds is 4. The summed E-state index contributed by atoms with van der Waals surface area (Å²) in [6.07, 6.45) is 0. The van der Waals surface area contributed by atoms with Gasteiger partial charge in [-0.25, -0.2) is 0 Å². The van der Waals surface area contributed by atoms with Crippen molar-refractivity contribution in [2.45, 2.75) is 0 Å². The van der Waals surface area contributed by atoms with Crippen LogP contribution in [0.2, 0.25) is 0 Å². The maximum Gasteiger partial charge on any atom is 0.0991 e. The number of benzene rings is 8. The fourth-order valence-electron chi connectivity index (χ4n) is 8.57. The molecule has 0 atom stereocenters. The summed E-state index contributed by atoms with van der Waals surface area (Å²) in [6.45, 7) is 0. The molecule has 0 radical (unpaired) electrons. The second kappa shape index (κ2) is 11.3. The summed E-state index contributed by atoms with van der Waals surface area (Å²) < 4.78 is 7.10. The number of para-hydroxylation sites is 5. The minimum Gasteiger partial charge on any atom is -0.309 e. The molecule has 11 rings (SSSR count). The third kappa shape index (κ3) is 4.29. The van der Waals surface area contributed by atoms with Crippen molar-refractivity contribution in [1.29, 1.82) is 5.26 Å². The molecule has 8 aromatic carbocycles. The molecule has 3 heterocycles. The summed E-state index contributed by atoms with van der Waals surface area (Å²) in [4.78, 5) is 0. The molecule has 0 amide bonds. The van der Waals surface area contributed by atoms with Gasteiger partial charge in [0, 0.05) is 49.3 Å². The predicted octanol–water partition coefficient (Wildman–Crippen LogP) is 12.5. The minimum absolute atomic E-state index is 0.633. The number of hydrogen-bond donors (Lipinski definition) is 0. The Hall–Kier alpha value is -7.35. The fraction of sp³-hybridized carbons (Fsp3) is 0. The van der Waals surface area contributed by atoms with Gasteiger partial charge in [0.25, 0.3) is 0 Å². The van der Waals surface area contributed by atoms with Crippen molar-refractivity contribution in [1.82, 2.24) is 13.7 Å². The SMILES string of the molecule is N#Cc1ccc(-n2c3ccccc3c3ccccc32)c(-c2ccc(-n3c4ccccc4c4cc5c6ccccc6n(-c6ccccc6)c5cc43)cc2)c1. The monoisotopic (exact) mass is 674 g/mol. The summed E-state index contributed by atoms with van der Waals surface area (Å²) in [5, 5.41) is 17.3. The first-order valence-electron chi connectivity index (χ1n) is 17.9. The van der Waals surface area contributed by atoms with Gasteiger partial charge in [-0.05, 0) is 84.4 Å². The molecule has 0 unspecified atom stereocenters. The van der Waals surface area contributed by atoms with Crippen molar-refractivity contribution in [3.63, 3.8) is 0 Å². The molecule has 53 heavy (non-hydrogen) atoms. The summed E-state index contributed by atoms with van der Waals surface area (Å²) in [5.74, 6) is 0. The molecule has 246 valence electrons. The number of fused-ring (bicyclic) bond motifs is 9. The molecule has 0 aliphatic carbocycles. The van der Waals surface area contributed by atoms with E-state index in [1.807, 2.05) is 12.1 Å². The molecule has 0 saturated heterocycles. The lowest BCUT2D eigenvalue weighted by molar-refractivity contribution is 1.16. The summed E-state index contributed by atoms with van der Waals surface area (Å²) in [6, 6.07) is 67.1. The molecule has 4 heteroatoms. The Labute approximate surface area is 305 Å². The number of hydrogen-bond acceptors (Lipinski definition) is 1. The van der Waals surface area contributed by atoms with Crippen molar-refractivity contribution in [2.24, 2.45) is 0 Å². The average Bonchev–Trinajstić information content (AvgIpc) is 3.85. The third-order valence-corrected chi connectivity index (χ3v) is 10.9. The van der Waals surface area contributed by atoms with E-state index in [0.717, 1.165) is 50.3 Å². The van der Waals surface area contributed by atoms with E-state index in [-0.39, 0.29) is 0 Å². The van der Waals surface area contributed by atoms with E-state index in [1.165, 1.54) is 43.4 Å². The standard InChI is InChI=1S/C49H30N4/c50-31-32-22-27-47(53-45-20-10-4-14-36(45)37-15-5-11-21-46(37)53)40(28-32)33-23-25-35(26-24-33)52-44-19-9-7-17-39(44)42-29-41-38-16-6-8-18-43(38)51(48(41)30-49(42)52)34-12-2-1-3-13-34/h1-30H. The van der Waals surface area contributed by atoms with E-state index in [4.69, 9.17) is 0 Å². The highest BCUT2D eigenvalue weighted by Gasteiger charge is 2.20. The van der Waals surface area contributed by atoms with Gasteiger partial charge in [-0.3, -0.25) is 0 Å². The molecule has 0 bridgehead atoms. The lowest BCUT2D eigenvalue weighted by Gasteiger charge is -2.15. The van der Waals surface area contributed by atoms with E-state index >= 15 is 0 Å². The van der Waals surface area contributed by atoms with Gasteiger partial charge in [-0.2, -0.15) is 5.26 Å². The average molecular weight is 675 g/mol. The Bertz CT molecular complexity index is 3220. The van der Waals surface area contributed by atoms with Crippen LogP contribution < -0.4 is 0 Å². The van der Waals surface area contributed by atoms with Crippen LogP contribution in [0.25, 0.3) is 93.6 Å². The molecular weight excluding hydrogens is 645 g/mol. The maximum absolute atomic E-state index is 10.00. The number of nitriles is 1. The summed E-state index contributed by atoms with van der Waals surface area (Å²) in [7, 11) is 0. The van der Waals surface area contributed by atoms with Gasteiger partial charge in [-0.1, -0.05) is 103 Å². The van der Waals surface area contributed by atoms with Crippen molar-refractivity contribution in [2.75, 3.05) is 0 Å². The first-order chi connectivity index (χ1) is 26.3. The first kappa shape index (κ1) is 29.4. The summed E-state index contributed by atoms with van der Waals surface area (Å²) in [5.41, 5.74) is 12.9. The van der Waals surface area contributed by atoms with Crippen LogP contribution in [0.3, 0.4) is 0 Å². The van der Waals surface area contributed by atoms with Crippen LogP contribution in [0.5, 0.6) is 0 Å². The molecule has 11 aromatic rings. The maximum atomic E-state index is 10.00. The second-order valence-corrected chi connectivity index (χ2v) is 13.7. The highest BCUT2D eigenvalue weighted by Crippen LogP contribution is 2.41. The van der Waals surface area contributed by atoms with Gasteiger partial charge in [0.05, 0.1) is 50.4 Å². The smallest absolute Gasteiger partial charge is 0.0991 e. The largest absolute Gasteiger partial charge is 0.309 e. The zero-order valence-corrected chi connectivity index (χ0v) is 28.6. The van der Waals surface area contributed by atoms with E-state index in [9.17, 15) is 5.26 Å². The highest BCUT2D eigenvalue weighted by molar-refractivity contribution is 6.19. The molecule has 0 N–H and O–H groups in total. The Balaban J connectivity index is 1.13. The van der Waals surface area contributed by atoms with Crippen molar-refractivity contribution in [3.8, 4) is 34.3 Å². The third-order valence-electron chi connectivity index (χ3n) is 10.9. The first-order valence-corrected chi connectivity index (χ1v) is 17.9. The zero-order valence-electron chi connectivity index (χ0n) is 28.6. The van der Waals surface area contributed by atoms with Gasteiger partial charge in [0.1, 0.15) is 0 Å². The Kier molecular flexibility index (Phi) is 6.28. The van der Waals surface area contributed by atoms with Crippen LogP contribution in [-0.4, -0.2) is 13.7 Å². The topological polar surface area (TPSA) is 38.6 Å². The lowest BCUT2D eigenvalue weighted by atomic mass is 10.00. The van der Waals surface area contributed by atoms with Crippen molar-refractivity contribution < 1.29 is 0 Å². The van der Waals surface area contributed by atoms with Gasteiger partial charge < -0.3 is 13.7 Å². The zero-order chi connectivity index (χ0) is 35.0. The van der Waals surface area contributed by atoms with E-state index in [0.29, 0.717) is 5.56 Å². The van der Waals surface area contributed by atoms with Gasteiger partial charge in [-0.15, -0.1) is 0 Å². The molecule has 0 spiro atoms. The lowest BCUT2D eigenvalue weighted by Crippen LogP contribution is -1.99. The van der Waals surface area contributed by atoms with Crippen LogP contribution in [0.15, 0.2) is 182 Å².